The molecule has 0 bridgehead atoms. The average Bonchev–Trinajstić information content (AvgIpc) is 2.65. The number of piperazine rings is 1. The second-order valence-corrected chi connectivity index (χ2v) is 7.73. The highest BCUT2D eigenvalue weighted by Gasteiger charge is 2.25. The molecule has 0 unspecified atom stereocenters. The lowest BCUT2D eigenvalue weighted by Gasteiger charge is -2.35. The number of nitrogens with zero attached hydrogens (tertiary/aromatic N) is 3. The van der Waals surface area contributed by atoms with Crippen molar-refractivity contribution in [2.45, 2.75) is 32.8 Å². The van der Waals surface area contributed by atoms with Gasteiger partial charge in [-0.25, -0.2) is 9.59 Å². The minimum atomic E-state index is -0.603. The summed E-state index contributed by atoms with van der Waals surface area (Å²) in [5, 5.41) is 13.3. The number of non-ortho nitro benzene ring substituents is 1. The van der Waals surface area contributed by atoms with Gasteiger partial charge in [0.05, 0.1) is 4.92 Å². The molecular weight excluding hydrogens is 380 g/mol. The number of carbonyl (C=O) groups is 2. The Morgan fingerprint density at radius 2 is 1.76 bits per heavy atom. The Hall–Kier alpha value is -2.88. The van der Waals surface area contributed by atoms with Crippen molar-refractivity contribution in [1.82, 2.24) is 15.1 Å². The van der Waals surface area contributed by atoms with Crippen LogP contribution in [0.5, 0.6) is 5.75 Å². The van der Waals surface area contributed by atoms with Gasteiger partial charge in [0.2, 0.25) is 0 Å². The summed E-state index contributed by atoms with van der Waals surface area (Å²) in [6, 6.07) is 5.31. The first-order valence-electron chi connectivity index (χ1n) is 9.54. The van der Waals surface area contributed by atoms with Crippen molar-refractivity contribution in [2.75, 3.05) is 39.3 Å². The zero-order chi connectivity index (χ0) is 21.4. The maximum atomic E-state index is 12.0. The summed E-state index contributed by atoms with van der Waals surface area (Å²) >= 11 is 0. The molecule has 1 saturated heterocycles. The monoisotopic (exact) mass is 408 g/mol. The third-order valence-corrected chi connectivity index (χ3v) is 4.20. The smallest absolute Gasteiger partial charge is 0.412 e. The molecule has 0 spiro atoms. The van der Waals surface area contributed by atoms with E-state index in [1.165, 1.54) is 24.3 Å². The number of ether oxygens (including phenoxy) is 2. The quantitative estimate of drug-likeness (QED) is 0.437. The first-order chi connectivity index (χ1) is 13.6. The van der Waals surface area contributed by atoms with Gasteiger partial charge in [0, 0.05) is 44.9 Å². The minimum Gasteiger partial charge on any atom is -0.444 e. The van der Waals surface area contributed by atoms with E-state index in [0.717, 1.165) is 26.1 Å². The zero-order valence-corrected chi connectivity index (χ0v) is 17.1. The van der Waals surface area contributed by atoms with Crippen LogP contribution in [0.4, 0.5) is 15.3 Å². The summed E-state index contributed by atoms with van der Waals surface area (Å²) in [5.74, 6) is 0.242. The number of nitro groups is 1. The van der Waals surface area contributed by atoms with E-state index in [9.17, 15) is 19.7 Å². The molecule has 1 fully saturated rings. The molecule has 1 aliphatic heterocycles. The van der Waals surface area contributed by atoms with Gasteiger partial charge >= 0.3 is 12.2 Å². The van der Waals surface area contributed by atoms with Crippen molar-refractivity contribution in [1.29, 1.82) is 0 Å². The number of benzene rings is 1. The van der Waals surface area contributed by atoms with E-state index in [4.69, 9.17) is 9.47 Å². The van der Waals surface area contributed by atoms with Crippen molar-refractivity contribution >= 4 is 17.9 Å². The van der Waals surface area contributed by atoms with Crippen LogP contribution in [0.3, 0.4) is 0 Å². The molecule has 1 heterocycles. The van der Waals surface area contributed by atoms with E-state index in [2.05, 4.69) is 10.2 Å². The van der Waals surface area contributed by atoms with Gasteiger partial charge in [-0.3, -0.25) is 15.0 Å². The van der Waals surface area contributed by atoms with Gasteiger partial charge in [-0.2, -0.15) is 0 Å². The molecule has 2 rings (SSSR count). The van der Waals surface area contributed by atoms with Gasteiger partial charge in [0.1, 0.15) is 11.4 Å². The Bertz CT molecular complexity index is 708. The van der Waals surface area contributed by atoms with Crippen LogP contribution in [-0.4, -0.2) is 71.8 Å². The number of nitro benzene ring substituents is 1. The molecule has 1 aromatic rings. The third-order valence-electron chi connectivity index (χ3n) is 4.20. The van der Waals surface area contributed by atoms with Crippen molar-refractivity contribution in [3.05, 3.63) is 34.4 Å². The van der Waals surface area contributed by atoms with E-state index >= 15 is 0 Å². The first-order valence-corrected chi connectivity index (χ1v) is 9.54. The van der Waals surface area contributed by atoms with E-state index in [1.54, 1.807) is 4.90 Å². The normalized spacial score (nSPS) is 14.9. The largest absolute Gasteiger partial charge is 0.444 e. The summed E-state index contributed by atoms with van der Waals surface area (Å²) in [7, 11) is 0. The molecule has 29 heavy (non-hydrogen) atoms. The molecule has 160 valence electrons. The summed E-state index contributed by atoms with van der Waals surface area (Å²) < 4.78 is 10.5. The number of hydrogen-bond acceptors (Lipinski definition) is 7. The Kier molecular flexibility index (Phi) is 7.77. The van der Waals surface area contributed by atoms with Crippen LogP contribution >= 0.6 is 0 Å². The van der Waals surface area contributed by atoms with Crippen LogP contribution in [0.25, 0.3) is 0 Å². The van der Waals surface area contributed by atoms with Gasteiger partial charge in [-0.1, -0.05) is 0 Å². The molecule has 1 aromatic carbocycles. The maximum Gasteiger partial charge on any atom is 0.412 e. The van der Waals surface area contributed by atoms with Gasteiger partial charge in [-0.05, 0) is 45.9 Å². The minimum absolute atomic E-state index is 0.0653. The second-order valence-electron chi connectivity index (χ2n) is 7.73. The Morgan fingerprint density at radius 3 is 2.31 bits per heavy atom. The Morgan fingerprint density at radius 1 is 1.14 bits per heavy atom. The highest BCUT2D eigenvalue weighted by Crippen LogP contribution is 2.17. The predicted molar refractivity (Wildman–Crippen MR) is 106 cm³/mol. The number of carbonyl (C=O) groups excluding carboxylic acids is 2. The van der Waals surface area contributed by atoms with Crippen LogP contribution < -0.4 is 10.1 Å². The fourth-order valence-electron chi connectivity index (χ4n) is 2.75. The SMILES string of the molecule is CC(C)(C)OC(=O)N1CCN(CCCNC(=O)Oc2ccc([N+](=O)[O-])cc2)CC1. The highest BCUT2D eigenvalue weighted by molar-refractivity contribution is 5.70. The number of amides is 2. The molecule has 0 atom stereocenters. The summed E-state index contributed by atoms with van der Waals surface area (Å²) in [4.78, 5) is 37.8. The van der Waals surface area contributed by atoms with E-state index in [0.29, 0.717) is 19.6 Å². The molecule has 1 N–H and O–H groups in total. The second kappa shape index (κ2) is 10.1. The van der Waals surface area contributed by atoms with Crippen LogP contribution in [0, 0.1) is 10.1 Å². The lowest BCUT2D eigenvalue weighted by molar-refractivity contribution is -0.384. The molecule has 10 heteroatoms. The zero-order valence-electron chi connectivity index (χ0n) is 17.1. The number of hydrogen-bond donors (Lipinski definition) is 1. The molecule has 2 amide bonds. The Balaban J connectivity index is 1.60. The van der Waals surface area contributed by atoms with Crippen molar-refractivity contribution < 1.29 is 24.0 Å². The summed E-state index contributed by atoms with van der Waals surface area (Å²) in [6.45, 7) is 9.52. The lowest BCUT2D eigenvalue weighted by Crippen LogP contribution is -2.50. The van der Waals surface area contributed by atoms with E-state index in [1.807, 2.05) is 20.8 Å². The van der Waals surface area contributed by atoms with Crippen LogP contribution in [0.2, 0.25) is 0 Å². The Labute approximate surface area is 169 Å². The maximum absolute atomic E-state index is 12.0. The van der Waals surface area contributed by atoms with Crippen LogP contribution in [0.15, 0.2) is 24.3 Å². The predicted octanol–water partition coefficient (Wildman–Crippen LogP) is 2.63. The van der Waals surface area contributed by atoms with Crippen LogP contribution in [0.1, 0.15) is 27.2 Å². The molecule has 0 aliphatic carbocycles. The van der Waals surface area contributed by atoms with Crippen molar-refractivity contribution in [3.63, 3.8) is 0 Å². The van der Waals surface area contributed by atoms with Gasteiger partial charge in [0.25, 0.3) is 5.69 Å². The fraction of sp³-hybridized carbons (Fsp3) is 0.579. The topological polar surface area (TPSA) is 114 Å². The van der Waals surface area contributed by atoms with Gasteiger partial charge < -0.3 is 19.7 Å². The highest BCUT2D eigenvalue weighted by atomic mass is 16.6. The van der Waals surface area contributed by atoms with Crippen molar-refractivity contribution in [2.24, 2.45) is 0 Å². The summed E-state index contributed by atoms with van der Waals surface area (Å²) in [6.07, 6.45) is -0.150. The molecule has 0 radical (unpaired) electrons. The molecule has 0 aromatic heterocycles. The van der Waals surface area contributed by atoms with E-state index in [-0.39, 0.29) is 17.5 Å². The molecule has 10 nitrogen and oxygen atoms in total. The summed E-state index contributed by atoms with van der Waals surface area (Å²) in [5.41, 5.74) is -0.562. The molecule has 1 aliphatic rings. The number of nitrogens with one attached hydrogen (secondary N) is 1. The van der Waals surface area contributed by atoms with E-state index < -0.39 is 16.6 Å². The lowest BCUT2D eigenvalue weighted by atomic mass is 10.2. The standard InChI is InChI=1S/C19H28N4O6/c1-19(2,3)29-18(25)22-13-11-21(12-14-22)10-4-9-20-17(24)28-16-7-5-15(6-8-16)23(26)27/h5-8H,4,9-14H2,1-3H3,(H,20,24). The fourth-order valence-corrected chi connectivity index (χ4v) is 2.75. The molecular formula is C19H28N4O6. The van der Waals surface area contributed by atoms with Crippen LogP contribution in [-0.2, 0) is 4.74 Å². The molecule has 0 saturated carbocycles. The first kappa shape index (κ1) is 22.4. The third kappa shape index (κ3) is 7.94. The van der Waals surface area contributed by atoms with Gasteiger partial charge in [0.15, 0.2) is 0 Å². The average molecular weight is 408 g/mol. The van der Waals surface area contributed by atoms with Gasteiger partial charge in [-0.15, -0.1) is 0 Å². The number of rotatable bonds is 6. The van der Waals surface area contributed by atoms with Crippen molar-refractivity contribution in [3.8, 4) is 5.75 Å².